The van der Waals surface area contributed by atoms with Gasteiger partial charge in [-0.15, -0.1) is 0 Å². The Hall–Kier alpha value is -3.15. The molecule has 0 aromatic heterocycles. The number of amides is 2. The highest BCUT2D eigenvalue weighted by atomic mass is 16.4. The summed E-state index contributed by atoms with van der Waals surface area (Å²) in [7, 11) is 0. The zero-order valence-electron chi connectivity index (χ0n) is 14.7. The Morgan fingerprint density at radius 1 is 1.12 bits per heavy atom. The minimum atomic E-state index is -1.06. The predicted octanol–water partition coefficient (Wildman–Crippen LogP) is 2.99. The maximum absolute atomic E-state index is 12.6. The van der Waals surface area contributed by atoms with Crippen LogP contribution in [0.2, 0.25) is 0 Å². The number of aryl methyl sites for hydroxylation is 2. The lowest BCUT2D eigenvalue weighted by molar-refractivity contribution is -0.122. The van der Waals surface area contributed by atoms with Gasteiger partial charge in [0, 0.05) is 24.3 Å². The minimum absolute atomic E-state index is 0.0816. The van der Waals surface area contributed by atoms with Crippen molar-refractivity contribution in [2.75, 3.05) is 16.8 Å². The highest BCUT2D eigenvalue weighted by Crippen LogP contribution is 2.31. The first kappa shape index (κ1) is 17.7. The number of hydrogen-bond acceptors (Lipinski definition) is 3. The number of hydrogen-bond donors (Lipinski definition) is 2. The molecule has 1 aliphatic rings. The summed E-state index contributed by atoms with van der Waals surface area (Å²) < 4.78 is 0. The number of benzene rings is 2. The Balaban J connectivity index is 1.75. The normalized spacial score (nSPS) is 16.6. The third-order valence-electron chi connectivity index (χ3n) is 4.58. The molecule has 26 heavy (non-hydrogen) atoms. The number of carbonyl (C=O) groups is 3. The van der Waals surface area contributed by atoms with Crippen LogP contribution in [0.1, 0.15) is 27.9 Å². The van der Waals surface area contributed by atoms with E-state index in [0.717, 1.165) is 16.8 Å². The molecule has 2 amide bonds. The van der Waals surface area contributed by atoms with Crippen molar-refractivity contribution >= 4 is 29.2 Å². The van der Waals surface area contributed by atoms with E-state index in [9.17, 15) is 14.4 Å². The van der Waals surface area contributed by atoms with Crippen molar-refractivity contribution in [2.45, 2.75) is 20.3 Å². The molecule has 0 spiro atoms. The second kappa shape index (κ2) is 7.00. The van der Waals surface area contributed by atoms with Crippen LogP contribution in [0.5, 0.6) is 0 Å². The van der Waals surface area contributed by atoms with Crippen LogP contribution in [-0.2, 0) is 9.59 Å². The molecule has 134 valence electrons. The highest BCUT2D eigenvalue weighted by molar-refractivity contribution is 6.04. The van der Waals surface area contributed by atoms with Crippen LogP contribution in [0.4, 0.5) is 11.4 Å². The number of aromatic carboxylic acids is 1. The van der Waals surface area contributed by atoms with Gasteiger partial charge in [-0.25, -0.2) is 4.79 Å². The summed E-state index contributed by atoms with van der Waals surface area (Å²) in [5, 5.41) is 11.8. The van der Waals surface area contributed by atoms with E-state index in [4.69, 9.17) is 5.11 Å². The third-order valence-corrected chi connectivity index (χ3v) is 4.58. The van der Waals surface area contributed by atoms with Gasteiger partial charge < -0.3 is 15.3 Å². The Kier molecular flexibility index (Phi) is 4.75. The van der Waals surface area contributed by atoms with Crippen molar-refractivity contribution in [3.63, 3.8) is 0 Å². The van der Waals surface area contributed by atoms with Crippen LogP contribution in [0, 0.1) is 19.8 Å². The van der Waals surface area contributed by atoms with E-state index in [1.165, 1.54) is 12.1 Å². The summed E-state index contributed by atoms with van der Waals surface area (Å²) >= 11 is 0. The molecule has 0 aliphatic carbocycles. The van der Waals surface area contributed by atoms with E-state index in [-0.39, 0.29) is 23.8 Å². The van der Waals surface area contributed by atoms with Gasteiger partial charge in [-0.05, 0) is 43.2 Å². The largest absolute Gasteiger partial charge is 0.478 e. The maximum Gasteiger partial charge on any atom is 0.335 e. The van der Waals surface area contributed by atoms with Crippen molar-refractivity contribution in [1.29, 1.82) is 0 Å². The zero-order chi connectivity index (χ0) is 18.8. The fourth-order valence-corrected chi connectivity index (χ4v) is 3.31. The van der Waals surface area contributed by atoms with E-state index in [2.05, 4.69) is 5.32 Å². The molecule has 1 heterocycles. The van der Waals surface area contributed by atoms with Gasteiger partial charge in [0.1, 0.15) is 0 Å². The van der Waals surface area contributed by atoms with Crippen LogP contribution >= 0.6 is 0 Å². The Morgan fingerprint density at radius 2 is 1.77 bits per heavy atom. The summed E-state index contributed by atoms with van der Waals surface area (Å²) in [5.74, 6) is -1.90. The van der Waals surface area contributed by atoms with Gasteiger partial charge in [0.25, 0.3) is 0 Å². The van der Waals surface area contributed by atoms with Crippen LogP contribution in [0.3, 0.4) is 0 Å². The van der Waals surface area contributed by atoms with Crippen molar-refractivity contribution in [3.8, 4) is 0 Å². The van der Waals surface area contributed by atoms with Crippen LogP contribution in [0.15, 0.2) is 42.5 Å². The summed E-state index contributed by atoms with van der Waals surface area (Å²) in [5.41, 5.74) is 3.36. The van der Waals surface area contributed by atoms with Crippen LogP contribution < -0.4 is 10.2 Å². The summed E-state index contributed by atoms with van der Waals surface area (Å²) in [6, 6.07) is 11.9. The molecule has 1 fully saturated rings. The molecule has 6 nitrogen and oxygen atoms in total. The van der Waals surface area contributed by atoms with Crippen molar-refractivity contribution in [3.05, 3.63) is 59.2 Å². The summed E-state index contributed by atoms with van der Waals surface area (Å²) in [6.45, 7) is 4.20. The fourth-order valence-electron chi connectivity index (χ4n) is 3.31. The molecule has 3 rings (SSSR count). The molecule has 0 radical (unpaired) electrons. The quantitative estimate of drug-likeness (QED) is 0.886. The molecule has 6 heteroatoms. The summed E-state index contributed by atoms with van der Waals surface area (Å²) in [4.78, 5) is 37.7. The molecular weight excluding hydrogens is 332 g/mol. The second-order valence-corrected chi connectivity index (χ2v) is 6.52. The minimum Gasteiger partial charge on any atom is -0.478 e. The van der Waals surface area contributed by atoms with Crippen molar-refractivity contribution in [2.24, 2.45) is 5.92 Å². The lowest BCUT2D eigenvalue weighted by Crippen LogP contribution is -2.29. The van der Waals surface area contributed by atoms with Crippen molar-refractivity contribution in [1.82, 2.24) is 0 Å². The molecule has 2 aromatic rings. The van der Waals surface area contributed by atoms with Gasteiger partial charge in [-0.2, -0.15) is 0 Å². The van der Waals surface area contributed by atoms with Gasteiger partial charge in [-0.1, -0.05) is 24.3 Å². The Bertz CT molecular complexity index is 871. The van der Waals surface area contributed by atoms with Gasteiger partial charge in [0.05, 0.1) is 11.5 Å². The molecule has 1 saturated heterocycles. The number of carboxylic acids is 1. The summed E-state index contributed by atoms with van der Waals surface area (Å²) in [6.07, 6.45) is 0.137. The highest BCUT2D eigenvalue weighted by Gasteiger charge is 2.36. The lowest BCUT2D eigenvalue weighted by atomic mass is 10.1. The zero-order valence-corrected chi connectivity index (χ0v) is 14.7. The average Bonchev–Trinajstić information content (AvgIpc) is 2.97. The van der Waals surface area contributed by atoms with Crippen LogP contribution in [0.25, 0.3) is 0 Å². The topological polar surface area (TPSA) is 86.7 Å². The number of carbonyl (C=O) groups excluding carboxylic acids is 2. The second-order valence-electron chi connectivity index (χ2n) is 6.52. The van der Waals surface area contributed by atoms with Crippen LogP contribution in [-0.4, -0.2) is 29.4 Å². The molecule has 2 N–H and O–H groups in total. The Labute approximate surface area is 151 Å². The number of rotatable bonds is 4. The molecular formula is C20H20N2O4. The number of nitrogens with one attached hydrogen (secondary N) is 1. The standard InChI is InChI=1S/C20H20N2O4/c1-12-5-3-6-13(2)18(12)22-11-15(10-17(22)23)19(24)21-16-8-4-7-14(9-16)20(25)26/h3-9,15H,10-11H2,1-2H3,(H,21,24)(H,25,26)/t15-/m0/s1. The maximum atomic E-state index is 12.6. The number of anilines is 2. The monoisotopic (exact) mass is 352 g/mol. The van der Waals surface area contributed by atoms with E-state index < -0.39 is 11.9 Å². The fraction of sp³-hybridized carbons (Fsp3) is 0.250. The van der Waals surface area contributed by atoms with E-state index >= 15 is 0 Å². The Morgan fingerprint density at radius 3 is 2.42 bits per heavy atom. The average molecular weight is 352 g/mol. The number of nitrogens with zero attached hydrogens (tertiary/aromatic N) is 1. The molecule has 1 atom stereocenters. The van der Waals surface area contributed by atoms with E-state index in [1.54, 1.807) is 17.0 Å². The molecule has 1 aliphatic heterocycles. The third kappa shape index (κ3) is 3.44. The van der Waals surface area contributed by atoms with Gasteiger partial charge in [-0.3, -0.25) is 9.59 Å². The predicted molar refractivity (Wildman–Crippen MR) is 98.4 cm³/mol. The first-order valence-electron chi connectivity index (χ1n) is 8.37. The molecule has 2 aromatic carbocycles. The lowest BCUT2D eigenvalue weighted by Gasteiger charge is -2.21. The van der Waals surface area contributed by atoms with Crippen molar-refractivity contribution < 1.29 is 19.5 Å². The van der Waals surface area contributed by atoms with Gasteiger partial charge in [0.15, 0.2) is 0 Å². The van der Waals surface area contributed by atoms with E-state index in [0.29, 0.717) is 12.2 Å². The first-order valence-corrected chi connectivity index (χ1v) is 8.37. The first-order chi connectivity index (χ1) is 12.4. The SMILES string of the molecule is Cc1cccc(C)c1N1C[C@@H](C(=O)Nc2cccc(C(=O)O)c2)CC1=O. The van der Waals surface area contributed by atoms with E-state index in [1.807, 2.05) is 32.0 Å². The molecule has 0 saturated carbocycles. The van der Waals surface area contributed by atoms with Gasteiger partial charge in [0.2, 0.25) is 11.8 Å². The molecule has 0 bridgehead atoms. The number of carboxylic acid groups (broad SMARTS) is 1. The van der Waals surface area contributed by atoms with Gasteiger partial charge >= 0.3 is 5.97 Å². The number of para-hydroxylation sites is 1. The smallest absolute Gasteiger partial charge is 0.335 e. The molecule has 0 unspecified atom stereocenters.